The fourth-order valence-electron chi connectivity index (χ4n) is 3.47. The predicted octanol–water partition coefficient (Wildman–Crippen LogP) is 1.77. The van der Waals surface area contributed by atoms with Gasteiger partial charge in [-0.05, 0) is 25.3 Å². The van der Waals surface area contributed by atoms with Gasteiger partial charge in [-0.1, -0.05) is 0 Å². The van der Waals surface area contributed by atoms with E-state index in [9.17, 15) is 14.7 Å². The van der Waals surface area contributed by atoms with Crippen molar-refractivity contribution in [3.8, 4) is 0 Å². The van der Waals surface area contributed by atoms with Gasteiger partial charge < -0.3 is 14.4 Å². The van der Waals surface area contributed by atoms with Gasteiger partial charge in [-0.15, -0.1) is 0 Å². The second kappa shape index (κ2) is 5.72. The van der Waals surface area contributed by atoms with E-state index in [4.69, 9.17) is 4.42 Å². The zero-order chi connectivity index (χ0) is 17.6. The van der Waals surface area contributed by atoms with E-state index in [0.717, 1.165) is 18.4 Å². The van der Waals surface area contributed by atoms with Crippen molar-refractivity contribution < 1.29 is 19.1 Å². The number of carboxylic acid groups (broad SMARTS) is 1. The lowest BCUT2D eigenvalue weighted by molar-refractivity contribution is -0.150. The highest BCUT2D eigenvalue weighted by atomic mass is 16.4. The number of aliphatic carboxylic acids is 1. The molecule has 0 spiro atoms. The number of aromatic nitrogens is 3. The average molecular weight is 344 g/mol. The van der Waals surface area contributed by atoms with Crippen LogP contribution in [0.4, 0.5) is 0 Å². The lowest BCUT2D eigenvalue weighted by atomic mass is 9.87. The third kappa shape index (κ3) is 2.61. The number of oxazole rings is 1. The molecule has 4 rings (SSSR count). The summed E-state index contributed by atoms with van der Waals surface area (Å²) < 4.78 is 6.91. The molecule has 0 radical (unpaired) electrons. The van der Waals surface area contributed by atoms with Gasteiger partial charge in [0.05, 0.1) is 6.20 Å². The van der Waals surface area contributed by atoms with Gasteiger partial charge in [0, 0.05) is 38.0 Å². The van der Waals surface area contributed by atoms with Gasteiger partial charge in [-0.2, -0.15) is 5.10 Å². The smallest absolute Gasteiger partial charge is 0.331 e. The Balaban J connectivity index is 1.52. The van der Waals surface area contributed by atoms with E-state index in [1.807, 2.05) is 6.92 Å². The Labute approximate surface area is 144 Å². The van der Waals surface area contributed by atoms with Gasteiger partial charge in [0.15, 0.2) is 17.6 Å². The van der Waals surface area contributed by atoms with Crippen molar-refractivity contribution in [1.82, 2.24) is 19.7 Å². The Bertz CT molecular complexity index is 812. The van der Waals surface area contributed by atoms with Crippen LogP contribution >= 0.6 is 0 Å². The number of hydrogen-bond acceptors (Lipinski definition) is 5. The molecule has 2 aromatic heterocycles. The number of carboxylic acids is 1. The van der Waals surface area contributed by atoms with Gasteiger partial charge in [0.25, 0.3) is 5.91 Å². The number of amides is 1. The summed E-state index contributed by atoms with van der Waals surface area (Å²) in [5.41, 5.74) is 0.185. The summed E-state index contributed by atoms with van der Waals surface area (Å²) >= 11 is 0. The molecule has 0 unspecified atom stereocenters. The molecule has 8 nitrogen and oxygen atoms in total. The van der Waals surface area contributed by atoms with Crippen molar-refractivity contribution in [2.45, 2.75) is 44.1 Å². The first-order valence-electron chi connectivity index (χ1n) is 8.49. The van der Waals surface area contributed by atoms with Crippen molar-refractivity contribution >= 4 is 11.9 Å². The zero-order valence-corrected chi connectivity index (χ0v) is 14.0. The highest BCUT2D eigenvalue weighted by Crippen LogP contribution is 2.42. The minimum absolute atomic E-state index is 0.175. The minimum atomic E-state index is -1.10. The van der Waals surface area contributed by atoms with Gasteiger partial charge in [0.1, 0.15) is 5.76 Å². The molecule has 3 heterocycles. The van der Waals surface area contributed by atoms with Crippen LogP contribution in [0.2, 0.25) is 0 Å². The van der Waals surface area contributed by atoms with Crippen molar-refractivity contribution in [2.75, 3.05) is 13.1 Å². The summed E-state index contributed by atoms with van der Waals surface area (Å²) in [7, 11) is 0. The highest BCUT2D eigenvalue weighted by molar-refractivity contribution is 5.93. The van der Waals surface area contributed by atoms with Crippen LogP contribution in [0.3, 0.4) is 0 Å². The molecule has 25 heavy (non-hydrogen) atoms. The van der Waals surface area contributed by atoms with Gasteiger partial charge >= 0.3 is 5.97 Å². The molecule has 1 saturated carbocycles. The molecule has 1 saturated heterocycles. The maximum absolute atomic E-state index is 12.8. The zero-order valence-electron chi connectivity index (χ0n) is 14.0. The number of nitrogens with zero attached hydrogens (tertiary/aromatic N) is 4. The van der Waals surface area contributed by atoms with Crippen LogP contribution in [-0.4, -0.2) is 49.7 Å². The molecule has 0 aromatic carbocycles. The third-order valence-electron chi connectivity index (χ3n) is 5.17. The highest BCUT2D eigenvalue weighted by Gasteiger charge is 2.45. The molecule has 1 aliphatic heterocycles. The molecular formula is C17H20N4O4. The summed E-state index contributed by atoms with van der Waals surface area (Å²) in [5.74, 6) is -0.117. The van der Waals surface area contributed by atoms with Gasteiger partial charge in [0.2, 0.25) is 0 Å². The van der Waals surface area contributed by atoms with E-state index < -0.39 is 11.5 Å². The first-order chi connectivity index (χ1) is 12.0. The standard InChI is InChI=1S/C17H20N4O4/c1-11-8-19-21(9-11)17(16(23)24)4-6-20(7-5-17)15(22)13-14(12-2-3-12)25-10-18-13/h8-10,12H,2-7H2,1H3,(H,23,24). The molecule has 2 fully saturated rings. The number of hydrogen-bond donors (Lipinski definition) is 1. The summed E-state index contributed by atoms with van der Waals surface area (Å²) in [6.45, 7) is 2.57. The first kappa shape index (κ1) is 15.9. The lowest BCUT2D eigenvalue weighted by Gasteiger charge is -2.38. The van der Waals surface area contributed by atoms with Crippen molar-refractivity contribution in [3.63, 3.8) is 0 Å². The van der Waals surface area contributed by atoms with Crippen LogP contribution in [0.15, 0.2) is 23.2 Å². The first-order valence-corrected chi connectivity index (χ1v) is 8.49. The van der Waals surface area contributed by atoms with Crippen LogP contribution in [0.1, 0.15) is 53.4 Å². The van der Waals surface area contributed by atoms with E-state index in [0.29, 0.717) is 43.3 Å². The van der Waals surface area contributed by atoms with Crippen molar-refractivity contribution in [1.29, 1.82) is 0 Å². The fraction of sp³-hybridized carbons (Fsp3) is 0.529. The van der Waals surface area contributed by atoms with Gasteiger partial charge in [-0.3, -0.25) is 9.48 Å². The van der Waals surface area contributed by atoms with Crippen LogP contribution < -0.4 is 0 Å². The second-order valence-electron chi connectivity index (χ2n) is 6.93. The Morgan fingerprint density at radius 1 is 1.32 bits per heavy atom. The van der Waals surface area contributed by atoms with Crippen LogP contribution in [-0.2, 0) is 10.3 Å². The molecule has 2 aromatic rings. The Morgan fingerprint density at radius 2 is 2.04 bits per heavy atom. The largest absolute Gasteiger partial charge is 0.479 e. The van der Waals surface area contributed by atoms with E-state index in [1.54, 1.807) is 17.3 Å². The third-order valence-corrected chi connectivity index (χ3v) is 5.17. The summed E-state index contributed by atoms with van der Waals surface area (Å²) in [5, 5.41) is 14.0. The van der Waals surface area contributed by atoms with Crippen LogP contribution in [0.5, 0.6) is 0 Å². The number of rotatable bonds is 4. The molecular weight excluding hydrogens is 324 g/mol. The van der Waals surface area contributed by atoms with E-state index in [1.165, 1.54) is 11.1 Å². The maximum atomic E-state index is 12.8. The average Bonchev–Trinajstić information content (AvgIpc) is 3.16. The summed E-state index contributed by atoms with van der Waals surface area (Å²) in [6, 6.07) is 0. The fourth-order valence-corrected chi connectivity index (χ4v) is 3.47. The molecule has 1 N–H and O–H groups in total. The predicted molar refractivity (Wildman–Crippen MR) is 86.2 cm³/mol. The molecule has 1 aliphatic carbocycles. The Hall–Kier alpha value is -2.64. The molecule has 1 amide bonds. The monoisotopic (exact) mass is 344 g/mol. The van der Waals surface area contributed by atoms with E-state index in [2.05, 4.69) is 10.1 Å². The summed E-state index contributed by atoms with van der Waals surface area (Å²) in [6.07, 6.45) is 7.39. The Morgan fingerprint density at radius 3 is 2.60 bits per heavy atom. The minimum Gasteiger partial charge on any atom is -0.479 e. The quantitative estimate of drug-likeness (QED) is 0.907. The lowest BCUT2D eigenvalue weighted by Crippen LogP contribution is -2.52. The molecule has 0 atom stereocenters. The molecule has 8 heteroatoms. The normalized spacial score (nSPS) is 19.8. The summed E-state index contributed by atoms with van der Waals surface area (Å²) in [4.78, 5) is 30.5. The number of aryl methyl sites for hydroxylation is 1. The maximum Gasteiger partial charge on any atom is 0.331 e. The van der Waals surface area contributed by atoms with Crippen molar-refractivity contribution in [3.05, 3.63) is 35.8 Å². The number of carbonyl (C=O) groups is 2. The number of piperidine rings is 1. The topological polar surface area (TPSA) is 101 Å². The van der Waals surface area contributed by atoms with Gasteiger partial charge in [-0.25, -0.2) is 9.78 Å². The second-order valence-corrected chi connectivity index (χ2v) is 6.93. The molecule has 132 valence electrons. The SMILES string of the molecule is Cc1cnn(C2(C(=O)O)CCN(C(=O)c3ncoc3C3CC3)CC2)c1. The molecule has 2 aliphatic rings. The van der Waals surface area contributed by atoms with E-state index >= 15 is 0 Å². The van der Waals surface area contributed by atoms with Crippen LogP contribution in [0, 0.1) is 6.92 Å². The molecule has 0 bridgehead atoms. The number of likely N-dealkylation sites (tertiary alicyclic amines) is 1. The van der Waals surface area contributed by atoms with E-state index in [-0.39, 0.29) is 5.91 Å². The Kier molecular flexibility index (Phi) is 3.63. The van der Waals surface area contributed by atoms with Crippen molar-refractivity contribution in [2.24, 2.45) is 0 Å². The van der Waals surface area contributed by atoms with Crippen LogP contribution in [0.25, 0.3) is 0 Å². The number of carbonyl (C=O) groups excluding carboxylic acids is 1.